The Kier molecular flexibility index (Phi) is 7.81. The van der Waals surface area contributed by atoms with Crippen LogP contribution in [0.1, 0.15) is 31.2 Å². The number of rotatable bonds is 7. The van der Waals surface area contributed by atoms with Crippen LogP contribution >= 0.6 is 19.4 Å². The monoisotopic (exact) mass is 548 g/mol. The molecule has 196 valence electrons. The number of halogens is 2. The van der Waals surface area contributed by atoms with Gasteiger partial charge in [0.05, 0.1) is 19.3 Å². The van der Waals surface area contributed by atoms with Crippen molar-refractivity contribution in [3.05, 3.63) is 68.0 Å². The molecule has 2 saturated heterocycles. The topological polar surface area (TPSA) is 155 Å². The average Bonchev–Trinajstić information content (AvgIpc) is 3.07. The van der Waals surface area contributed by atoms with Gasteiger partial charge in [0.1, 0.15) is 12.7 Å². The first-order valence-electron chi connectivity index (χ1n) is 10.8. The van der Waals surface area contributed by atoms with E-state index in [1.54, 1.807) is 24.3 Å². The van der Waals surface area contributed by atoms with Gasteiger partial charge in [-0.2, -0.15) is 0 Å². The Bertz CT molecular complexity index is 1280. The molecule has 0 saturated carbocycles. The highest BCUT2D eigenvalue weighted by Gasteiger charge is 2.58. The number of aromatic nitrogens is 2. The minimum absolute atomic E-state index is 0.0269. The first-order valence-corrected chi connectivity index (χ1v) is 12.7. The fraction of sp³-hybridized carbons (Fsp3) is 0.476. The maximum Gasteiger partial charge on any atom is 0.475 e. The van der Waals surface area contributed by atoms with E-state index < -0.39 is 68.5 Å². The Morgan fingerprint density at radius 1 is 1.39 bits per heavy atom. The number of esters is 1. The van der Waals surface area contributed by atoms with Crippen LogP contribution in [0.5, 0.6) is 0 Å². The summed E-state index contributed by atoms with van der Waals surface area (Å²) in [5.41, 5.74) is -3.57. The van der Waals surface area contributed by atoms with Crippen molar-refractivity contribution in [3.63, 3.8) is 0 Å². The van der Waals surface area contributed by atoms with E-state index in [4.69, 9.17) is 39.8 Å². The molecule has 3 heterocycles. The van der Waals surface area contributed by atoms with Gasteiger partial charge in [-0.25, -0.2) is 18.5 Å². The molecule has 2 aliphatic rings. The van der Waals surface area contributed by atoms with Crippen molar-refractivity contribution in [2.75, 3.05) is 19.8 Å². The molecule has 0 spiro atoms. The van der Waals surface area contributed by atoms with E-state index in [1.165, 1.54) is 0 Å². The van der Waals surface area contributed by atoms with Crippen molar-refractivity contribution >= 4 is 25.4 Å². The zero-order valence-electron chi connectivity index (χ0n) is 18.9. The fourth-order valence-corrected chi connectivity index (χ4v) is 5.59. The number of aliphatic hydroxyl groups is 1. The number of carbonyl (C=O) groups is 1. The van der Waals surface area contributed by atoms with Gasteiger partial charge in [-0.1, -0.05) is 23.7 Å². The molecule has 4 rings (SSSR count). The molecule has 1 aromatic carbocycles. The van der Waals surface area contributed by atoms with Crippen LogP contribution in [0.25, 0.3) is 0 Å². The SMILES string of the molecule is C[C@@]1(F)[C@H](OC(=O)CO)[C@@H](COP2(=O)OCC[C@@H](c3cccc(Cl)c3)O2)O[C@H]1n1ccc(=O)[nH]c1=O. The van der Waals surface area contributed by atoms with Crippen LogP contribution in [0.15, 0.2) is 46.1 Å². The summed E-state index contributed by atoms with van der Waals surface area (Å²) in [6, 6.07) is 7.74. The second kappa shape index (κ2) is 10.5. The third-order valence-corrected chi connectivity index (χ3v) is 7.39. The Balaban J connectivity index is 1.54. The molecule has 2 aromatic rings. The number of aliphatic hydroxyl groups excluding tert-OH is 1. The first kappa shape index (κ1) is 26.7. The Morgan fingerprint density at radius 3 is 2.86 bits per heavy atom. The third kappa shape index (κ3) is 5.62. The van der Waals surface area contributed by atoms with E-state index in [9.17, 15) is 18.9 Å². The molecule has 12 nitrogen and oxygen atoms in total. The molecule has 1 aromatic heterocycles. The van der Waals surface area contributed by atoms with Crippen molar-refractivity contribution < 1.29 is 41.9 Å². The molecule has 6 atom stereocenters. The van der Waals surface area contributed by atoms with Gasteiger partial charge in [0.15, 0.2) is 18.0 Å². The smallest absolute Gasteiger partial charge is 0.454 e. The average molecular weight is 549 g/mol. The number of ether oxygens (including phenoxy) is 2. The Labute approximate surface area is 208 Å². The fourth-order valence-electron chi connectivity index (χ4n) is 4.00. The number of nitrogens with one attached hydrogen (secondary N) is 1. The van der Waals surface area contributed by atoms with Crippen molar-refractivity contribution in [3.8, 4) is 0 Å². The van der Waals surface area contributed by atoms with Gasteiger partial charge in [-0.05, 0) is 24.6 Å². The molecule has 1 unspecified atom stereocenters. The lowest BCUT2D eigenvalue weighted by molar-refractivity contribution is -0.161. The van der Waals surface area contributed by atoms with Gasteiger partial charge in [0.25, 0.3) is 5.56 Å². The van der Waals surface area contributed by atoms with Gasteiger partial charge in [0.2, 0.25) is 0 Å². The largest absolute Gasteiger partial charge is 0.475 e. The van der Waals surface area contributed by atoms with Crippen LogP contribution in [0.4, 0.5) is 4.39 Å². The maximum atomic E-state index is 15.9. The van der Waals surface area contributed by atoms with E-state index in [-0.39, 0.29) is 6.61 Å². The number of carbonyl (C=O) groups excluding carboxylic acids is 1. The molecular formula is C21H23ClFN2O10P. The van der Waals surface area contributed by atoms with Gasteiger partial charge >= 0.3 is 19.5 Å². The standard InChI is InChI=1S/C21H23ClFN2O10P/c1-21(23)18(34-17(28)10-26)15(33-19(21)25-7-5-16(27)24-20(25)29)11-32-36(30)31-8-6-14(35-36)12-3-2-4-13(22)9-12/h2-5,7,9,14-15,18-19,26H,6,8,10-11H2,1H3,(H,24,27,29)/t14-,15+,18+,19+,21+,36?/m0/s1. The lowest BCUT2D eigenvalue weighted by Gasteiger charge is -2.30. The number of hydrogen-bond donors (Lipinski definition) is 2. The van der Waals surface area contributed by atoms with Crippen LogP contribution < -0.4 is 11.2 Å². The van der Waals surface area contributed by atoms with Gasteiger partial charge in [-0.3, -0.25) is 27.9 Å². The van der Waals surface area contributed by atoms with Crippen LogP contribution in [0, 0.1) is 0 Å². The van der Waals surface area contributed by atoms with Crippen LogP contribution in [0.3, 0.4) is 0 Å². The number of hydrogen-bond acceptors (Lipinski definition) is 10. The molecule has 0 aliphatic carbocycles. The minimum atomic E-state index is -4.17. The van der Waals surface area contributed by atoms with Gasteiger partial charge in [-0.15, -0.1) is 0 Å². The number of aromatic amines is 1. The molecule has 0 radical (unpaired) electrons. The van der Waals surface area contributed by atoms with Crippen molar-refractivity contribution in [1.29, 1.82) is 0 Å². The number of nitrogens with zero attached hydrogens (tertiary/aromatic N) is 1. The number of phosphoric ester groups is 1. The molecule has 2 fully saturated rings. The predicted molar refractivity (Wildman–Crippen MR) is 121 cm³/mol. The number of phosphoric acid groups is 1. The van der Waals surface area contributed by atoms with Crippen molar-refractivity contribution in [1.82, 2.24) is 9.55 Å². The summed E-state index contributed by atoms with van der Waals surface area (Å²) in [6.07, 6.45) is -4.03. The molecule has 0 bridgehead atoms. The lowest BCUT2D eigenvalue weighted by Crippen LogP contribution is -2.46. The predicted octanol–water partition coefficient (Wildman–Crippen LogP) is 2.02. The lowest BCUT2D eigenvalue weighted by atomic mass is 9.98. The van der Waals surface area contributed by atoms with Gasteiger partial charge < -0.3 is 14.6 Å². The molecular weight excluding hydrogens is 526 g/mol. The first-order chi connectivity index (χ1) is 17.0. The third-order valence-electron chi connectivity index (χ3n) is 5.68. The summed E-state index contributed by atoms with van der Waals surface area (Å²) in [5.74, 6) is -1.16. The highest BCUT2D eigenvalue weighted by atomic mass is 35.5. The highest BCUT2D eigenvalue weighted by molar-refractivity contribution is 7.48. The number of H-pyrrole nitrogens is 1. The number of benzene rings is 1. The summed E-state index contributed by atoms with van der Waals surface area (Å²) < 4.78 is 56.7. The van der Waals surface area contributed by atoms with E-state index in [2.05, 4.69) is 0 Å². The normalized spacial score (nSPS) is 32.3. The Hall–Kier alpha value is -2.38. The summed E-state index contributed by atoms with van der Waals surface area (Å²) in [4.78, 5) is 37.4. The van der Waals surface area contributed by atoms with E-state index >= 15 is 4.39 Å². The summed E-state index contributed by atoms with van der Waals surface area (Å²) in [6.45, 7) is -0.638. The molecule has 15 heteroatoms. The minimum Gasteiger partial charge on any atom is -0.454 e. The number of alkyl halides is 1. The summed E-state index contributed by atoms with van der Waals surface area (Å²) in [7, 11) is -4.17. The summed E-state index contributed by atoms with van der Waals surface area (Å²) >= 11 is 6.02. The van der Waals surface area contributed by atoms with E-state index in [0.29, 0.717) is 17.0 Å². The van der Waals surface area contributed by atoms with Crippen LogP contribution in [-0.2, 0) is 32.4 Å². The second-order valence-corrected chi connectivity index (χ2v) is 10.3. The van der Waals surface area contributed by atoms with Crippen molar-refractivity contribution in [2.24, 2.45) is 0 Å². The summed E-state index contributed by atoms with van der Waals surface area (Å²) in [5, 5.41) is 9.54. The van der Waals surface area contributed by atoms with E-state index in [0.717, 1.165) is 23.8 Å². The zero-order valence-corrected chi connectivity index (χ0v) is 20.5. The van der Waals surface area contributed by atoms with E-state index in [1.807, 2.05) is 4.98 Å². The van der Waals surface area contributed by atoms with Crippen LogP contribution in [-0.4, -0.2) is 58.3 Å². The van der Waals surface area contributed by atoms with Gasteiger partial charge in [0, 0.05) is 23.7 Å². The highest BCUT2D eigenvalue weighted by Crippen LogP contribution is 2.57. The quantitative estimate of drug-likeness (QED) is 0.388. The Morgan fingerprint density at radius 2 is 2.17 bits per heavy atom. The maximum absolute atomic E-state index is 15.9. The molecule has 0 amide bonds. The second-order valence-electron chi connectivity index (χ2n) is 8.28. The van der Waals surface area contributed by atoms with Crippen molar-refractivity contribution in [2.45, 2.75) is 43.6 Å². The molecule has 2 N–H and O–H groups in total. The van der Waals surface area contributed by atoms with Crippen LogP contribution in [0.2, 0.25) is 5.02 Å². The zero-order chi connectivity index (χ0) is 26.1. The molecule has 36 heavy (non-hydrogen) atoms. The molecule has 2 aliphatic heterocycles.